The van der Waals surface area contributed by atoms with E-state index in [1.54, 1.807) is 0 Å². The van der Waals surface area contributed by atoms with Gasteiger partial charge in [-0.3, -0.25) is 0 Å². The van der Waals surface area contributed by atoms with Gasteiger partial charge < -0.3 is 10.2 Å². The van der Waals surface area contributed by atoms with Gasteiger partial charge in [0.2, 0.25) is 0 Å². The summed E-state index contributed by atoms with van der Waals surface area (Å²) >= 11 is 0. The predicted octanol–water partition coefficient (Wildman–Crippen LogP) is 1.84. The molecule has 1 saturated heterocycles. The zero-order valence-electron chi connectivity index (χ0n) is 8.84. The lowest BCUT2D eigenvalue weighted by molar-refractivity contribution is 0.179. The molecule has 0 radical (unpaired) electrons. The molecule has 1 atom stereocenters. The van der Waals surface area contributed by atoms with Crippen molar-refractivity contribution >= 4 is 6.03 Å². The monoisotopic (exact) mass is 184 g/mol. The Morgan fingerprint density at radius 3 is 2.85 bits per heavy atom. The molecule has 3 nitrogen and oxygen atoms in total. The summed E-state index contributed by atoms with van der Waals surface area (Å²) in [7, 11) is 0. The van der Waals surface area contributed by atoms with E-state index in [0.29, 0.717) is 12.0 Å². The van der Waals surface area contributed by atoms with Crippen molar-refractivity contribution in [2.45, 2.75) is 39.7 Å². The molecule has 1 unspecified atom stereocenters. The lowest BCUT2D eigenvalue weighted by atomic mass is 10.0. The van der Waals surface area contributed by atoms with Crippen LogP contribution in [0.2, 0.25) is 0 Å². The van der Waals surface area contributed by atoms with Gasteiger partial charge >= 0.3 is 6.03 Å². The highest BCUT2D eigenvalue weighted by atomic mass is 16.2. The molecule has 0 bridgehead atoms. The number of amides is 2. The number of nitrogens with one attached hydrogen (secondary N) is 1. The number of urea groups is 1. The normalized spacial score (nSPS) is 22.5. The third kappa shape index (κ3) is 2.36. The van der Waals surface area contributed by atoms with Crippen molar-refractivity contribution in [3.05, 3.63) is 0 Å². The fraction of sp³-hybridized carbons (Fsp3) is 0.900. The van der Waals surface area contributed by atoms with E-state index >= 15 is 0 Å². The fourth-order valence-corrected chi connectivity index (χ4v) is 1.99. The Hall–Kier alpha value is -0.730. The molecule has 0 aromatic rings. The van der Waals surface area contributed by atoms with Gasteiger partial charge in [-0.15, -0.1) is 0 Å². The molecule has 1 fully saturated rings. The van der Waals surface area contributed by atoms with Crippen molar-refractivity contribution in [3.8, 4) is 0 Å². The number of carbonyl (C=O) groups excluding carboxylic acids is 1. The maximum atomic E-state index is 11.6. The summed E-state index contributed by atoms with van der Waals surface area (Å²) in [4.78, 5) is 13.6. The van der Waals surface area contributed by atoms with Gasteiger partial charge in [0.15, 0.2) is 0 Å². The van der Waals surface area contributed by atoms with Gasteiger partial charge in [-0.05, 0) is 25.7 Å². The number of hydrogen-bond donors (Lipinski definition) is 1. The first kappa shape index (κ1) is 10.4. The Labute approximate surface area is 80.5 Å². The van der Waals surface area contributed by atoms with Crippen LogP contribution in [0.4, 0.5) is 4.79 Å². The third-order valence-electron chi connectivity index (χ3n) is 2.66. The van der Waals surface area contributed by atoms with Crippen molar-refractivity contribution < 1.29 is 4.79 Å². The third-order valence-corrected chi connectivity index (χ3v) is 2.66. The van der Waals surface area contributed by atoms with E-state index in [1.165, 1.54) is 0 Å². The minimum absolute atomic E-state index is 0.110. The summed E-state index contributed by atoms with van der Waals surface area (Å²) in [6.07, 6.45) is 2.31. The van der Waals surface area contributed by atoms with Crippen LogP contribution in [0.25, 0.3) is 0 Å². The van der Waals surface area contributed by atoms with E-state index in [0.717, 1.165) is 25.9 Å². The zero-order valence-corrected chi connectivity index (χ0v) is 8.84. The minimum atomic E-state index is 0.110. The van der Waals surface area contributed by atoms with Crippen LogP contribution in [0, 0.1) is 5.92 Å². The van der Waals surface area contributed by atoms with E-state index in [1.807, 2.05) is 11.8 Å². The molecule has 0 aliphatic carbocycles. The molecule has 0 saturated carbocycles. The number of hydrogen-bond acceptors (Lipinski definition) is 1. The molecular formula is C10H20N2O. The smallest absolute Gasteiger partial charge is 0.317 e. The van der Waals surface area contributed by atoms with Crippen molar-refractivity contribution in [2.24, 2.45) is 5.92 Å². The van der Waals surface area contributed by atoms with Crippen LogP contribution in [0.3, 0.4) is 0 Å². The van der Waals surface area contributed by atoms with Gasteiger partial charge in [-0.1, -0.05) is 13.8 Å². The molecule has 3 heteroatoms. The van der Waals surface area contributed by atoms with Crippen LogP contribution >= 0.6 is 0 Å². The number of likely N-dealkylation sites (tertiary alicyclic amines) is 1. The summed E-state index contributed by atoms with van der Waals surface area (Å²) in [5.74, 6) is 0.574. The second-order valence-electron chi connectivity index (χ2n) is 3.98. The fourth-order valence-electron chi connectivity index (χ4n) is 1.99. The highest BCUT2D eigenvalue weighted by Crippen LogP contribution is 2.23. The molecule has 13 heavy (non-hydrogen) atoms. The van der Waals surface area contributed by atoms with Gasteiger partial charge in [0.05, 0.1) is 0 Å². The molecule has 0 aromatic heterocycles. The Morgan fingerprint density at radius 1 is 1.62 bits per heavy atom. The summed E-state index contributed by atoms with van der Waals surface area (Å²) in [6, 6.07) is 0.560. The van der Waals surface area contributed by atoms with Crippen LogP contribution < -0.4 is 5.32 Å². The first-order valence-corrected chi connectivity index (χ1v) is 5.21. The predicted molar refractivity (Wildman–Crippen MR) is 53.6 cm³/mol. The van der Waals surface area contributed by atoms with E-state index < -0.39 is 0 Å². The Balaban J connectivity index is 2.52. The minimum Gasteiger partial charge on any atom is -0.338 e. The van der Waals surface area contributed by atoms with Crippen LogP contribution in [0.15, 0.2) is 0 Å². The van der Waals surface area contributed by atoms with Crippen molar-refractivity contribution in [1.82, 2.24) is 10.2 Å². The zero-order chi connectivity index (χ0) is 9.84. The SMILES string of the molecule is CCNC(=O)N1CCCC1C(C)C. The number of rotatable bonds is 2. The average molecular weight is 184 g/mol. The molecule has 1 heterocycles. The van der Waals surface area contributed by atoms with E-state index in [2.05, 4.69) is 19.2 Å². The molecule has 1 aliphatic rings. The van der Waals surface area contributed by atoms with Crippen LogP contribution in [0.5, 0.6) is 0 Å². The average Bonchev–Trinajstić information content (AvgIpc) is 2.52. The summed E-state index contributed by atoms with van der Waals surface area (Å²) in [5.41, 5.74) is 0. The van der Waals surface area contributed by atoms with Crippen molar-refractivity contribution in [1.29, 1.82) is 0 Å². The van der Waals surface area contributed by atoms with Crippen molar-refractivity contribution in [3.63, 3.8) is 0 Å². The standard InChI is InChI=1S/C10H20N2O/c1-4-11-10(13)12-7-5-6-9(12)8(2)3/h8-9H,4-7H2,1-3H3,(H,11,13). The largest absolute Gasteiger partial charge is 0.338 e. The Morgan fingerprint density at radius 2 is 2.31 bits per heavy atom. The molecule has 1 rings (SSSR count). The molecule has 2 amide bonds. The highest BCUT2D eigenvalue weighted by Gasteiger charge is 2.30. The van der Waals surface area contributed by atoms with Gasteiger partial charge in [0.1, 0.15) is 0 Å². The molecule has 0 aromatic carbocycles. The quantitative estimate of drug-likeness (QED) is 0.697. The molecule has 76 valence electrons. The van der Waals surface area contributed by atoms with Gasteiger partial charge in [0.25, 0.3) is 0 Å². The lowest BCUT2D eigenvalue weighted by Crippen LogP contribution is -2.44. The number of carbonyl (C=O) groups is 1. The maximum absolute atomic E-state index is 11.6. The molecular weight excluding hydrogens is 164 g/mol. The van der Waals surface area contributed by atoms with Gasteiger partial charge in [-0.2, -0.15) is 0 Å². The first-order valence-electron chi connectivity index (χ1n) is 5.21. The van der Waals surface area contributed by atoms with Gasteiger partial charge in [-0.25, -0.2) is 4.79 Å². The summed E-state index contributed by atoms with van der Waals surface area (Å²) < 4.78 is 0. The summed E-state index contributed by atoms with van der Waals surface area (Å²) in [5, 5.41) is 2.86. The second kappa shape index (κ2) is 4.49. The summed E-state index contributed by atoms with van der Waals surface area (Å²) in [6.45, 7) is 7.97. The Kier molecular flexibility index (Phi) is 3.58. The topological polar surface area (TPSA) is 32.3 Å². The Bertz CT molecular complexity index is 180. The maximum Gasteiger partial charge on any atom is 0.317 e. The van der Waals surface area contributed by atoms with Crippen LogP contribution in [0.1, 0.15) is 33.6 Å². The number of nitrogens with zero attached hydrogens (tertiary/aromatic N) is 1. The van der Waals surface area contributed by atoms with E-state index in [9.17, 15) is 4.79 Å². The van der Waals surface area contributed by atoms with E-state index in [-0.39, 0.29) is 6.03 Å². The van der Waals surface area contributed by atoms with E-state index in [4.69, 9.17) is 0 Å². The van der Waals surface area contributed by atoms with Crippen LogP contribution in [-0.4, -0.2) is 30.1 Å². The van der Waals surface area contributed by atoms with Crippen LogP contribution in [-0.2, 0) is 0 Å². The molecule has 0 spiro atoms. The second-order valence-corrected chi connectivity index (χ2v) is 3.98. The van der Waals surface area contributed by atoms with Gasteiger partial charge in [0, 0.05) is 19.1 Å². The molecule has 1 N–H and O–H groups in total. The highest BCUT2D eigenvalue weighted by molar-refractivity contribution is 5.74. The lowest BCUT2D eigenvalue weighted by Gasteiger charge is -2.27. The molecule has 1 aliphatic heterocycles. The van der Waals surface area contributed by atoms with Crippen molar-refractivity contribution in [2.75, 3.05) is 13.1 Å². The first-order chi connectivity index (χ1) is 6.16.